The molecule has 0 saturated carbocycles. The molecule has 5 heteroatoms. The maximum atomic E-state index is 11.3. The lowest BCUT2D eigenvalue weighted by atomic mass is 10.0. The molecule has 1 aromatic carbocycles. The number of nitrogens with one attached hydrogen (secondary N) is 1. The van der Waals surface area contributed by atoms with Crippen LogP contribution in [0.5, 0.6) is 5.75 Å². The van der Waals surface area contributed by atoms with E-state index in [0.29, 0.717) is 6.61 Å². The second-order valence-corrected chi connectivity index (χ2v) is 5.75. The molecule has 0 amide bonds. The van der Waals surface area contributed by atoms with Crippen molar-refractivity contribution in [3.8, 4) is 5.75 Å². The zero-order chi connectivity index (χ0) is 11.6. The molecule has 1 unspecified atom stereocenters. The summed E-state index contributed by atoms with van der Waals surface area (Å²) in [6.07, 6.45) is 2.80. The summed E-state index contributed by atoms with van der Waals surface area (Å²) in [4.78, 5) is 0. The van der Waals surface area contributed by atoms with Gasteiger partial charge in [0.05, 0.1) is 18.9 Å². The molecule has 88 valence electrons. The van der Waals surface area contributed by atoms with Gasteiger partial charge in [-0.2, -0.15) is 0 Å². The molecule has 2 rings (SSSR count). The fourth-order valence-electron chi connectivity index (χ4n) is 1.91. The minimum Gasteiger partial charge on any atom is -0.493 e. The zero-order valence-electron chi connectivity index (χ0n) is 9.14. The average molecular weight is 241 g/mol. The summed E-state index contributed by atoms with van der Waals surface area (Å²) >= 11 is 0. The van der Waals surface area contributed by atoms with Gasteiger partial charge in [-0.3, -0.25) is 0 Å². The average Bonchev–Trinajstić information content (AvgIpc) is 2.39. The highest BCUT2D eigenvalue weighted by Gasteiger charge is 2.21. The van der Waals surface area contributed by atoms with E-state index in [0.717, 1.165) is 24.2 Å². The highest BCUT2D eigenvalue weighted by molar-refractivity contribution is 7.88. The van der Waals surface area contributed by atoms with Crippen molar-refractivity contribution in [3.05, 3.63) is 29.8 Å². The molecular weight excluding hydrogens is 226 g/mol. The maximum absolute atomic E-state index is 11.3. The quantitative estimate of drug-likeness (QED) is 0.852. The minimum atomic E-state index is -3.19. The van der Waals surface area contributed by atoms with E-state index in [1.807, 2.05) is 24.3 Å². The molecular formula is C11H15NO3S. The molecule has 1 atom stereocenters. The third kappa shape index (κ3) is 2.74. The smallest absolute Gasteiger partial charge is 0.209 e. The normalized spacial score (nSPS) is 20.7. The van der Waals surface area contributed by atoms with Crippen molar-refractivity contribution in [1.82, 2.24) is 4.72 Å². The van der Waals surface area contributed by atoms with Crippen molar-refractivity contribution >= 4 is 10.0 Å². The zero-order valence-corrected chi connectivity index (χ0v) is 9.96. The molecule has 0 bridgehead atoms. The first-order valence-corrected chi connectivity index (χ1v) is 7.14. The van der Waals surface area contributed by atoms with Gasteiger partial charge in [0, 0.05) is 5.56 Å². The number of rotatable bonds is 2. The van der Waals surface area contributed by atoms with E-state index in [2.05, 4.69) is 4.72 Å². The Balaban J connectivity index is 2.32. The fourth-order valence-corrected chi connectivity index (χ4v) is 2.67. The van der Waals surface area contributed by atoms with Gasteiger partial charge in [-0.15, -0.1) is 0 Å². The molecule has 0 radical (unpaired) electrons. The minimum absolute atomic E-state index is 0.173. The van der Waals surface area contributed by atoms with Crippen molar-refractivity contribution in [2.24, 2.45) is 0 Å². The van der Waals surface area contributed by atoms with E-state index in [4.69, 9.17) is 4.74 Å². The Morgan fingerprint density at radius 2 is 2.12 bits per heavy atom. The van der Waals surface area contributed by atoms with Crippen molar-refractivity contribution in [2.75, 3.05) is 12.9 Å². The van der Waals surface area contributed by atoms with Gasteiger partial charge >= 0.3 is 0 Å². The second-order valence-electron chi connectivity index (χ2n) is 3.97. The third-order valence-electron chi connectivity index (χ3n) is 2.55. The predicted octanol–water partition coefficient (Wildman–Crippen LogP) is 1.45. The summed E-state index contributed by atoms with van der Waals surface area (Å²) in [7, 11) is -3.19. The standard InChI is InChI=1S/C11H15NO3S/c1-16(13,14)12-10-6-4-8-15-11-7-3-2-5-9(10)11/h2-3,5,7,10,12H,4,6,8H2,1H3. The van der Waals surface area contributed by atoms with Crippen LogP contribution >= 0.6 is 0 Å². The molecule has 1 aromatic rings. The Morgan fingerprint density at radius 3 is 2.88 bits per heavy atom. The topological polar surface area (TPSA) is 55.4 Å². The molecule has 1 aliphatic rings. The number of hydrogen-bond donors (Lipinski definition) is 1. The molecule has 0 spiro atoms. The van der Waals surface area contributed by atoms with Crippen molar-refractivity contribution < 1.29 is 13.2 Å². The first kappa shape index (κ1) is 11.4. The lowest BCUT2D eigenvalue weighted by Crippen LogP contribution is -2.27. The number of fused-ring (bicyclic) bond motifs is 1. The summed E-state index contributed by atoms with van der Waals surface area (Å²) in [5.74, 6) is 0.779. The summed E-state index contributed by atoms with van der Waals surface area (Å²) < 4.78 is 30.7. The summed E-state index contributed by atoms with van der Waals surface area (Å²) in [6.45, 7) is 0.638. The van der Waals surface area contributed by atoms with Gasteiger partial charge in [0.1, 0.15) is 5.75 Å². The molecule has 0 aliphatic carbocycles. The van der Waals surface area contributed by atoms with Crippen LogP contribution in [-0.2, 0) is 10.0 Å². The summed E-state index contributed by atoms with van der Waals surface area (Å²) in [5, 5.41) is 0. The van der Waals surface area contributed by atoms with Crippen LogP contribution < -0.4 is 9.46 Å². The van der Waals surface area contributed by atoms with Crippen molar-refractivity contribution in [1.29, 1.82) is 0 Å². The molecule has 1 aliphatic heterocycles. The fraction of sp³-hybridized carbons (Fsp3) is 0.455. The highest BCUT2D eigenvalue weighted by atomic mass is 32.2. The van der Waals surface area contributed by atoms with E-state index < -0.39 is 10.0 Å². The van der Waals surface area contributed by atoms with Gasteiger partial charge < -0.3 is 4.74 Å². The Morgan fingerprint density at radius 1 is 1.38 bits per heavy atom. The Hall–Kier alpha value is -1.07. The molecule has 1 N–H and O–H groups in total. The van der Waals surface area contributed by atoms with Crippen molar-refractivity contribution in [2.45, 2.75) is 18.9 Å². The van der Waals surface area contributed by atoms with E-state index in [1.165, 1.54) is 6.26 Å². The van der Waals surface area contributed by atoms with Gasteiger partial charge in [0.2, 0.25) is 10.0 Å². The van der Waals surface area contributed by atoms with Crippen LogP contribution in [0.25, 0.3) is 0 Å². The molecule has 4 nitrogen and oxygen atoms in total. The summed E-state index contributed by atoms with van der Waals surface area (Å²) in [5.41, 5.74) is 0.922. The second kappa shape index (κ2) is 4.43. The van der Waals surface area contributed by atoms with Gasteiger partial charge in [0.25, 0.3) is 0 Å². The maximum Gasteiger partial charge on any atom is 0.209 e. The molecule has 16 heavy (non-hydrogen) atoms. The van der Waals surface area contributed by atoms with Crippen LogP contribution in [0.1, 0.15) is 24.4 Å². The van der Waals surface area contributed by atoms with Crippen LogP contribution in [0, 0.1) is 0 Å². The largest absolute Gasteiger partial charge is 0.493 e. The van der Waals surface area contributed by atoms with Crippen LogP contribution in [0.3, 0.4) is 0 Å². The summed E-state index contributed by atoms with van der Waals surface area (Å²) in [6, 6.07) is 7.39. The number of hydrogen-bond acceptors (Lipinski definition) is 3. The molecule has 0 aromatic heterocycles. The Kier molecular flexibility index (Phi) is 3.16. The van der Waals surface area contributed by atoms with Crippen LogP contribution in [0.2, 0.25) is 0 Å². The monoisotopic (exact) mass is 241 g/mol. The van der Waals surface area contributed by atoms with E-state index in [1.54, 1.807) is 0 Å². The van der Waals surface area contributed by atoms with Gasteiger partial charge in [0.15, 0.2) is 0 Å². The third-order valence-corrected chi connectivity index (χ3v) is 3.26. The van der Waals surface area contributed by atoms with Crippen LogP contribution in [0.15, 0.2) is 24.3 Å². The van der Waals surface area contributed by atoms with Gasteiger partial charge in [-0.25, -0.2) is 13.1 Å². The van der Waals surface area contributed by atoms with Gasteiger partial charge in [-0.1, -0.05) is 18.2 Å². The highest BCUT2D eigenvalue weighted by Crippen LogP contribution is 2.31. The lowest BCUT2D eigenvalue weighted by Gasteiger charge is -2.16. The first-order valence-electron chi connectivity index (χ1n) is 5.25. The molecule has 1 heterocycles. The van der Waals surface area contributed by atoms with E-state index >= 15 is 0 Å². The van der Waals surface area contributed by atoms with E-state index in [9.17, 15) is 8.42 Å². The molecule has 0 saturated heterocycles. The lowest BCUT2D eigenvalue weighted by molar-refractivity contribution is 0.316. The Labute approximate surface area is 95.7 Å². The van der Waals surface area contributed by atoms with Gasteiger partial charge in [-0.05, 0) is 18.9 Å². The van der Waals surface area contributed by atoms with Crippen molar-refractivity contribution in [3.63, 3.8) is 0 Å². The number of benzene rings is 1. The number of para-hydroxylation sites is 1. The SMILES string of the molecule is CS(=O)(=O)NC1CCCOc2ccccc21. The number of ether oxygens (including phenoxy) is 1. The molecule has 0 fully saturated rings. The number of sulfonamides is 1. The first-order chi connectivity index (χ1) is 7.56. The van der Waals surface area contributed by atoms with Crippen LogP contribution in [0.4, 0.5) is 0 Å². The Bertz CT molecular complexity index is 470. The van der Waals surface area contributed by atoms with Crippen LogP contribution in [-0.4, -0.2) is 21.3 Å². The van der Waals surface area contributed by atoms with E-state index in [-0.39, 0.29) is 6.04 Å². The predicted molar refractivity (Wildman–Crippen MR) is 61.9 cm³/mol.